The molecule has 0 heterocycles. The van der Waals surface area contributed by atoms with E-state index in [1.807, 2.05) is 0 Å². The van der Waals surface area contributed by atoms with Gasteiger partial charge in [-0.3, -0.25) is 4.79 Å². The first-order chi connectivity index (χ1) is 9.86. The molecule has 4 heteroatoms. The third-order valence-corrected chi connectivity index (χ3v) is 3.74. The highest BCUT2D eigenvalue weighted by Crippen LogP contribution is 2.29. The molecular formula is C17H23F3O. The van der Waals surface area contributed by atoms with Gasteiger partial charge in [0.25, 0.3) is 0 Å². The van der Waals surface area contributed by atoms with Crippen LogP contribution in [0.3, 0.4) is 0 Å². The smallest absolute Gasteiger partial charge is 0.299 e. The van der Waals surface area contributed by atoms with E-state index in [0.717, 1.165) is 37.8 Å². The molecule has 0 radical (unpaired) electrons. The van der Waals surface area contributed by atoms with Crippen LogP contribution in [-0.2, 0) is 17.4 Å². The van der Waals surface area contributed by atoms with Gasteiger partial charge >= 0.3 is 6.18 Å². The summed E-state index contributed by atoms with van der Waals surface area (Å²) in [7, 11) is 0. The van der Waals surface area contributed by atoms with Crippen molar-refractivity contribution in [3.63, 3.8) is 0 Å². The van der Waals surface area contributed by atoms with Crippen molar-refractivity contribution in [2.24, 2.45) is 5.92 Å². The number of Topliss-reactive ketones (excluding diaryl/α,β-unsaturated/α-hetero) is 1. The molecule has 1 aromatic rings. The van der Waals surface area contributed by atoms with Crippen molar-refractivity contribution in [1.29, 1.82) is 0 Å². The van der Waals surface area contributed by atoms with Gasteiger partial charge in [0.2, 0.25) is 0 Å². The average molecular weight is 300 g/mol. The van der Waals surface area contributed by atoms with Gasteiger partial charge in [-0.1, -0.05) is 51.7 Å². The van der Waals surface area contributed by atoms with Crippen LogP contribution < -0.4 is 0 Å². The Morgan fingerprint density at radius 3 is 2.24 bits per heavy atom. The number of ketones is 1. The van der Waals surface area contributed by atoms with E-state index in [-0.39, 0.29) is 12.2 Å². The Balaban J connectivity index is 2.54. The summed E-state index contributed by atoms with van der Waals surface area (Å²) in [6, 6.07) is 4.87. The molecule has 0 saturated carbocycles. The van der Waals surface area contributed by atoms with Gasteiger partial charge < -0.3 is 0 Å². The van der Waals surface area contributed by atoms with Crippen molar-refractivity contribution in [1.82, 2.24) is 0 Å². The zero-order valence-electron chi connectivity index (χ0n) is 12.7. The lowest BCUT2D eigenvalue weighted by molar-refractivity contribution is -0.137. The van der Waals surface area contributed by atoms with E-state index in [1.165, 1.54) is 12.1 Å². The van der Waals surface area contributed by atoms with Gasteiger partial charge in [0.1, 0.15) is 5.78 Å². The first kappa shape index (κ1) is 17.7. The topological polar surface area (TPSA) is 17.1 Å². The lowest BCUT2D eigenvalue weighted by atomic mass is 9.92. The lowest BCUT2D eigenvalue weighted by Gasteiger charge is -2.13. The molecule has 0 aliphatic carbocycles. The van der Waals surface area contributed by atoms with Crippen LogP contribution in [0.4, 0.5) is 13.2 Å². The third kappa shape index (κ3) is 6.32. The molecule has 0 amide bonds. The zero-order valence-corrected chi connectivity index (χ0v) is 12.7. The first-order valence-electron chi connectivity index (χ1n) is 7.54. The summed E-state index contributed by atoms with van der Waals surface area (Å²) in [5.74, 6) is 0.504. The molecule has 1 atom stereocenters. The Morgan fingerprint density at radius 1 is 1.14 bits per heavy atom. The summed E-state index contributed by atoms with van der Waals surface area (Å²) in [5.41, 5.74) is -0.0218. The highest BCUT2D eigenvalue weighted by atomic mass is 19.4. The van der Waals surface area contributed by atoms with E-state index in [0.29, 0.717) is 17.9 Å². The van der Waals surface area contributed by atoms with E-state index in [2.05, 4.69) is 13.8 Å². The molecule has 0 spiro atoms. The molecule has 0 aliphatic rings. The van der Waals surface area contributed by atoms with Gasteiger partial charge in [-0.25, -0.2) is 0 Å². The predicted octanol–water partition coefficient (Wildman–Crippen LogP) is 5.42. The molecule has 0 aliphatic heterocycles. The Kier molecular flexibility index (Phi) is 6.93. The van der Waals surface area contributed by atoms with Crippen LogP contribution in [0.15, 0.2) is 24.3 Å². The molecule has 0 saturated heterocycles. The minimum atomic E-state index is -4.32. The maximum atomic E-state index is 12.5. The predicted molar refractivity (Wildman–Crippen MR) is 78.1 cm³/mol. The van der Waals surface area contributed by atoms with Crippen molar-refractivity contribution < 1.29 is 18.0 Å². The number of hydrogen-bond acceptors (Lipinski definition) is 1. The minimum Gasteiger partial charge on any atom is -0.299 e. The normalized spacial score (nSPS) is 13.2. The van der Waals surface area contributed by atoms with Crippen LogP contribution in [0.5, 0.6) is 0 Å². The van der Waals surface area contributed by atoms with Crippen molar-refractivity contribution in [3.05, 3.63) is 35.4 Å². The second-order valence-electron chi connectivity index (χ2n) is 5.53. The molecule has 1 aromatic carbocycles. The van der Waals surface area contributed by atoms with E-state index in [4.69, 9.17) is 0 Å². The largest absolute Gasteiger partial charge is 0.416 e. The quantitative estimate of drug-likeness (QED) is 0.626. The van der Waals surface area contributed by atoms with Crippen molar-refractivity contribution in [3.8, 4) is 0 Å². The van der Waals surface area contributed by atoms with Crippen molar-refractivity contribution in [2.75, 3.05) is 0 Å². The molecule has 0 bridgehead atoms. The second kappa shape index (κ2) is 8.20. The van der Waals surface area contributed by atoms with Crippen LogP contribution in [-0.4, -0.2) is 5.78 Å². The lowest BCUT2D eigenvalue weighted by Crippen LogP contribution is -2.11. The molecule has 1 rings (SSSR count). The van der Waals surface area contributed by atoms with Crippen molar-refractivity contribution >= 4 is 5.78 Å². The van der Waals surface area contributed by atoms with Gasteiger partial charge in [-0.2, -0.15) is 13.2 Å². The molecule has 1 nitrogen and oxygen atoms in total. The average Bonchev–Trinajstić information content (AvgIpc) is 2.43. The molecule has 0 fully saturated rings. The maximum Gasteiger partial charge on any atom is 0.416 e. The number of alkyl halides is 3. The van der Waals surface area contributed by atoms with E-state index in [9.17, 15) is 18.0 Å². The van der Waals surface area contributed by atoms with Crippen molar-refractivity contribution in [2.45, 2.75) is 58.5 Å². The number of rotatable bonds is 8. The van der Waals surface area contributed by atoms with Crippen LogP contribution in [0.2, 0.25) is 0 Å². The Morgan fingerprint density at radius 2 is 1.76 bits per heavy atom. The summed E-state index contributed by atoms with van der Waals surface area (Å²) >= 11 is 0. The number of halogens is 3. The van der Waals surface area contributed by atoms with Crippen LogP contribution in [0.25, 0.3) is 0 Å². The fraction of sp³-hybridized carbons (Fsp3) is 0.588. The Bertz CT molecular complexity index is 434. The van der Waals surface area contributed by atoms with Crippen LogP contribution in [0, 0.1) is 5.92 Å². The number of carbonyl (C=O) groups excluding carboxylic acids is 1. The van der Waals surface area contributed by atoms with Gasteiger partial charge in [0.15, 0.2) is 0 Å². The molecular weight excluding hydrogens is 277 g/mol. The Labute approximate surface area is 124 Å². The summed E-state index contributed by atoms with van der Waals surface area (Å²) in [5, 5.41) is 0. The molecule has 0 aromatic heterocycles. The first-order valence-corrected chi connectivity index (χ1v) is 7.54. The fourth-order valence-electron chi connectivity index (χ4n) is 2.38. The van der Waals surface area contributed by atoms with Gasteiger partial charge in [-0.15, -0.1) is 0 Å². The van der Waals surface area contributed by atoms with Gasteiger partial charge in [0.05, 0.1) is 5.56 Å². The van der Waals surface area contributed by atoms with Crippen LogP contribution in [0.1, 0.15) is 57.1 Å². The minimum absolute atomic E-state index is 0.109. The standard InChI is InChI=1S/C17H23F3O/c1-3-5-6-13(4-2)11-16(21)12-14-7-9-15(10-8-14)17(18,19)20/h7-10,13H,3-6,11-12H2,1-2H3. The summed E-state index contributed by atoms with van der Waals surface area (Å²) in [4.78, 5) is 12.0. The zero-order chi connectivity index (χ0) is 15.9. The van der Waals surface area contributed by atoms with Gasteiger partial charge in [-0.05, 0) is 23.6 Å². The molecule has 21 heavy (non-hydrogen) atoms. The maximum absolute atomic E-state index is 12.5. The summed E-state index contributed by atoms with van der Waals surface area (Å²) in [6.07, 6.45) is 0.675. The number of unbranched alkanes of at least 4 members (excludes halogenated alkanes) is 1. The molecule has 0 N–H and O–H groups in total. The molecule has 1 unspecified atom stereocenters. The fourth-order valence-corrected chi connectivity index (χ4v) is 2.38. The molecule has 118 valence electrons. The van der Waals surface area contributed by atoms with E-state index >= 15 is 0 Å². The highest BCUT2D eigenvalue weighted by molar-refractivity contribution is 5.81. The van der Waals surface area contributed by atoms with Crippen LogP contribution >= 0.6 is 0 Å². The summed E-state index contributed by atoms with van der Waals surface area (Å²) in [6.45, 7) is 4.20. The summed E-state index contributed by atoms with van der Waals surface area (Å²) < 4.78 is 37.4. The van der Waals surface area contributed by atoms with E-state index in [1.54, 1.807) is 0 Å². The highest BCUT2D eigenvalue weighted by Gasteiger charge is 2.29. The number of carbonyl (C=O) groups is 1. The SMILES string of the molecule is CCCCC(CC)CC(=O)Cc1ccc(C(F)(F)F)cc1. The van der Waals surface area contributed by atoms with Gasteiger partial charge in [0, 0.05) is 12.8 Å². The Hall–Kier alpha value is -1.32. The number of hydrogen-bond donors (Lipinski definition) is 0. The second-order valence-corrected chi connectivity index (χ2v) is 5.53. The van der Waals surface area contributed by atoms with E-state index < -0.39 is 11.7 Å². The third-order valence-electron chi connectivity index (χ3n) is 3.74. The number of benzene rings is 1. The monoisotopic (exact) mass is 300 g/mol.